The molecule has 1 aromatic heterocycles. The second-order valence-electron chi connectivity index (χ2n) is 14.9. The number of phenols is 1. The predicted molar refractivity (Wildman–Crippen MR) is 182 cm³/mol. The van der Waals surface area contributed by atoms with Crippen LogP contribution in [-0.4, -0.2) is 86.6 Å². The lowest BCUT2D eigenvalue weighted by Crippen LogP contribution is -2.57. The van der Waals surface area contributed by atoms with Gasteiger partial charge in [-0.05, 0) is 78.5 Å². The van der Waals surface area contributed by atoms with Crippen molar-refractivity contribution in [1.82, 2.24) is 20.5 Å². The van der Waals surface area contributed by atoms with Crippen LogP contribution in [0.2, 0.25) is 0 Å². The van der Waals surface area contributed by atoms with Crippen LogP contribution in [0.5, 0.6) is 11.5 Å². The molecule has 1 aliphatic carbocycles. The molecular formula is C37H46N4O9. The third-order valence-electron chi connectivity index (χ3n) is 9.88. The van der Waals surface area contributed by atoms with E-state index >= 15 is 0 Å². The number of benzene rings is 1. The topological polar surface area (TPSA) is 173 Å². The Morgan fingerprint density at radius 1 is 1.16 bits per heavy atom. The molecule has 50 heavy (non-hydrogen) atoms. The first kappa shape index (κ1) is 35.2. The molecule has 4 aliphatic rings. The van der Waals surface area contributed by atoms with E-state index in [9.17, 15) is 29.1 Å². The fraction of sp³-hybridized carbons (Fsp3) is 0.568. The summed E-state index contributed by atoms with van der Waals surface area (Å²) in [5.74, 6) is -1.98. The number of nitrogens with one attached hydrogen (secondary N) is 2. The molecule has 3 aliphatic heterocycles. The minimum atomic E-state index is -1.31. The Bertz CT molecular complexity index is 1770. The van der Waals surface area contributed by atoms with Crippen molar-refractivity contribution in [2.75, 3.05) is 13.2 Å². The first-order valence-corrected chi connectivity index (χ1v) is 17.5. The van der Waals surface area contributed by atoms with Crippen molar-refractivity contribution in [3.05, 3.63) is 41.6 Å². The summed E-state index contributed by atoms with van der Waals surface area (Å²) < 4.78 is 17.5. The largest absolute Gasteiger partial charge is 0.508 e. The van der Waals surface area contributed by atoms with Crippen molar-refractivity contribution < 1.29 is 43.3 Å². The Morgan fingerprint density at radius 3 is 2.68 bits per heavy atom. The minimum Gasteiger partial charge on any atom is -0.508 e. The van der Waals surface area contributed by atoms with Crippen LogP contribution in [0.25, 0.3) is 10.9 Å². The first-order valence-electron chi connectivity index (χ1n) is 17.5. The molecule has 13 heteroatoms. The van der Waals surface area contributed by atoms with Gasteiger partial charge in [0, 0.05) is 17.7 Å². The lowest BCUT2D eigenvalue weighted by atomic mass is 9.86. The maximum absolute atomic E-state index is 14.5. The van der Waals surface area contributed by atoms with Gasteiger partial charge in [-0.2, -0.15) is 0 Å². The fourth-order valence-corrected chi connectivity index (χ4v) is 7.48. The maximum atomic E-state index is 14.5. The summed E-state index contributed by atoms with van der Waals surface area (Å²) >= 11 is 0. The van der Waals surface area contributed by atoms with E-state index in [2.05, 4.69) is 15.6 Å². The van der Waals surface area contributed by atoms with Gasteiger partial charge in [0.05, 0.1) is 36.3 Å². The highest BCUT2D eigenvalue weighted by Crippen LogP contribution is 2.48. The van der Waals surface area contributed by atoms with E-state index in [1.54, 1.807) is 40.7 Å². The molecule has 3 N–H and O–H groups in total. The Morgan fingerprint density at radius 2 is 1.94 bits per heavy atom. The number of carbonyl (C=O) groups excluding carboxylic acids is 5. The van der Waals surface area contributed by atoms with E-state index in [0.717, 1.165) is 19.3 Å². The Balaban J connectivity index is 1.38. The Kier molecular flexibility index (Phi) is 9.29. The molecule has 2 fully saturated rings. The van der Waals surface area contributed by atoms with E-state index in [-0.39, 0.29) is 54.8 Å². The van der Waals surface area contributed by atoms with Crippen LogP contribution < -0.4 is 15.4 Å². The number of ether oxygens (including phenoxy) is 3. The number of amides is 3. The zero-order valence-corrected chi connectivity index (χ0v) is 29.3. The van der Waals surface area contributed by atoms with Gasteiger partial charge in [0.25, 0.3) is 0 Å². The number of rotatable bonds is 3. The predicted octanol–water partition coefficient (Wildman–Crippen LogP) is 4.41. The Labute approximate surface area is 291 Å². The number of Topliss-reactive ketones (excluding diaryl/α,β-unsaturated/α-hetero) is 1. The summed E-state index contributed by atoms with van der Waals surface area (Å²) in [7, 11) is 0. The molecule has 6 rings (SSSR count). The third-order valence-corrected chi connectivity index (χ3v) is 9.88. The zero-order valence-electron chi connectivity index (χ0n) is 29.3. The summed E-state index contributed by atoms with van der Waals surface area (Å²) in [6, 6.07) is 2.43. The number of carbonyl (C=O) groups is 5. The average Bonchev–Trinajstić information content (AvgIpc) is 3.61. The van der Waals surface area contributed by atoms with Crippen LogP contribution >= 0.6 is 0 Å². The molecule has 1 spiro atoms. The van der Waals surface area contributed by atoms with Gasteiger partial charge >= 0.3 is 12.1 Å². The standard InChI is InChI=1S/C37H46N4O9/c1-6-48-33(46)37-17-22(37)12-10-8-7-9-11-13-26(39-34(47)50-35(3,4)5)32(45)41-20-36(18-27(41)31(44)40-37)19-28(43)29-24-16-23(42)14-15-25(24)38-21(2)30(29)49-36/h10,12,14-16,22,26-27,42H,6-9,11,13,17-20H2,1-5H3,(H,39,47)(H,40,44). The maximum Gasteiger partial charge on any atom is 0.408 e. The summed E-state index contributed by atoms with van der Waals surface area (Å²) in [6.45, 7) is 8.60. The molecule has 3 amide bonds. The fourth-order valence-electron chi connectivity index (χ4n) is 7.48. The molecule has 5 atom stereocenters. The minimum absolute atomic E-state index is 0.0280. The van der Waals surface area contributed by atoms with E-state index in [0.29, 0.717) is 35.9 Å². The van der Waals surface area contributed by atoms with Crippen molar-refractivity contribution in [2.24, 2.45) is 5.92 Å². The molecule has 1 saturated heterocycles. The van der Waals surface area contributed by atoms with E-state index in [1.165, 1.54) is 17.0 Å². The third kappa shape index (κ3) is 6.86. The second-order valence-corrected chi connectivity index (χ2v) is 14.9. The van der Waals surface area contributed by atoms with E-state index in [4.69, 9.17) is 14.2 Å². The van der Waals surface area contributed by atoms with Gasteiger partial charge < -0.3 is 34.9 Å². The van der Waals surface area contributed by atoms with Gasteiger partial charge in [-0.15, -0.1) is 0 Å². The highest BCUT2D eigenvalue weighted by atomic mass is 16.6. The number of hydrogen-bond donors (Lipinski definition) is 3. The lowest BCUT2D eigenvalue weighted by molar-refractivity contribution is -0.150. The van der Waals surface area contributed by atoms with Crippen LogP contribution in [0.15, 0.2) is 30.4 Å². The quantitative estimate of drug-likeness (QED) is 0.309. The summed E-state index contributed by atoms with van der Waals surface area (Å²) in [4.78, 5) is 75.2. The van der Waals surface area contributed by atoms with Gasteiger partial charge in [-0.3, -0.25) is 14.4 Å². The number of phenolic OH excluding ortho intramolecular Hbond substituents is 1. The molecule has 1 aromatic carbocycles. The smallest absolute Gasteiger partial charge is 0.408 e. The normalized spacial score (nSPS) is 28.4. The number of aromatic nitrogens is 1. The zero-order chi connectivity index (χ0) is 36.0. The van der Waals surface area contributed by atoms with Gasteiger partial charge in [0.15, 0.2) is 11.5 Å². The summed E-state index contributed by atoms with van der Waals surface area (Å²) in [5, 5.41) is 16.3. The number of ketones is 1. The number of aryl methyl sites for hydroxylation is 1. The van der Waals surface area contributed by atoms with Crippen molar-refractivity contribution in [1.29, 1.82) is 0 Å². The molecule has 4 heterocycles. The van der Waals surface area contributed by atoms with Crippen molar-refractivity contribution in [2.45, 2.75) is 115 Å². The molecular weight excluding hydrogens is 644 g/mol. The average molecular weight is 691 g/mol. The molecule has 0 bridgehead atoms. The second kappa shape index (κ2) is 13.2. The van der Waals surface area contributed by atoms with Crippen LogP contribution in [0.4, 0.5) is 4.79 Å². The summed E-state index contributed by atoms with van der Waals surface area (Å²) in [5.41, 5.74) is -2.14. The van der Waals surface area contributed by atoms with E-state index in [1.807, 2.05) is 12.2 Å². The molecule has 13 nitrogen and oxygen atoms in total. The van der Waals surface area contributed by atoms with Crippen LogP contribution in [0.3, 0.4) is 0 Å². The van der Waals surface area contributed by atoms with E-state index < -0.39 is 52.7 Å². The van der Waals surface area contributed by atoms with Crippen LogP contribution in [0, 0.1) is 12.8 Å². The van der Waals surface area contributed by atoms with Gasteiger partial charge in [0.1, 0.15) is 34.6 Å². The SMILES string of the molecule is CCOC(=O)C12CC1C=CCCCCCC(NC(=O)OC(C)(C)C)C(=O)N1CC3(CC(=O)c4c(c(C)nc5ccc(O)cc45)O3)CC1C(=O)N2. The van der Waals surface area contributed by atoms with Crippen molar-refractivity contribution in [3.8, 4) is 11.5 Å². The number of nitrogens with zero attached hydrogens (tertiary/aromatic N) is 2. The van der Waals surface area contributed by atoms with Crippen molar-refractivity contribution in [3.63, 3.8) is 0 Å². The van der Waals surface area contributed by atoms with Crippen molar-refractivity contribution >= 4 is 40.6 Å². The number of aromatic hydroxyl groups is 1. The number of hydrogen-bond acceptors (Lipinski definition) is 10. The molecule has 5 unspecified atom stereocenters. The van der Waals surface area contributed by atoms with Gasteiger partial charge in [0.2, 0.25) is 11.8 Å². The highest BCUT2D eigenvalue weighted by molar-refractivity contribution is 6.11. The molecule has 2 aromatic rings. The summed E-state index contributed by atoms with van der Waals surface area (Å²) in [6.07, 6.45) is 6.65. The number of pyridine rings is 1. The number of esters is 1. The first-order chi connectivity index (χ1) is 23.6. The Hall–Kier alpha value is -4.68. The molecule has 268 valence electrons. The van der Waals surface area contributed by atoms with Gasteiger partial charge in [-0.25, -0.2) is 14.6 Å². The number of fused-ring (bicyclic) bond motifs is 5. The lowest BCUT2D eigenvalue weighted by Gasteiger charge is -2.36. The highest BCUT2D eigenvalue weighted by Gasteiger charge is 2.63. The van der Waals surface area contributed by atoms with Gasteiger partial charge in [-0.1, -0.05) is 25.0 Å². The molecule has 1 saturated carbocycles. The monoisotopic (exact) mass is 690 g/mol. The number of allylic oxidation sites excluding steroid dienone is 1. The number of alkyl carbamates (subject to hydrolysis) is 1. The van der Waals surface area contributed by atoms with Crippen LogP contribution in [-0.2, 0) is 23.9 Å². The van der Waals surface area contributed by atoms with Crippen LogP contribution in [0.1, 0.15) is 95.1 Å². The molecule has 0 radical (unpaired) electrons.